The zero-order chi connectivity index (χ0) is 14.2. The molecule has 1 aliphatic rings. The number of hydrogen-bond donors (Lipinski definition) is 2. The fraction of sp³-hybridized carbons (Fsp3) is 0.562. The Kier molecular flexibility index (Phi) is 6.40. The van der Waals surface area contributed by atoms with Crippen molar-refractivity contribution in [3.8, 4) is 0 Å². The van der Waals surface area contributed by atoms with Crippen molar-refractivity contribution in [1.29, 1.82) is 0 Å². The minimum atomic E-state index is 0.0110. The summed E-state index contributed by atoms with van der Waals surface area (Å²) in [7, 11) is 0. The van der Waals surface area contributed by atoms with Gasteiger partial charge in [0.2, 0.25) is 5.91 Å². The van der Waals surface area contributed by atoms with Gasteiger partial charge < -0.3 is 10.6 Å². The number of benzene rings is 1. The van der Waals surface area contributed by atoms with E-state index in [9.17, 15) is 4.79 Å². The molecule has 2 unspecified atom stereocenters. The number of rotatable bonds is 7. The topological polar surface area (TPSA) is 41.1 Å². The summed E-state index contributed by atoms with van der Waals surface area (Å²) in [5, 5.41) is 6.42. The lowest BCUT2D eigenvalue weighted by molar-refractivity contribution is -0.120. The van der Waals surface area contributed by atoms with Gasteiger partial charge in [0.15, 0.2) is 0 Å². The molecule has 0 bridgehead atoms. The van der Waals surface area contributed by atoms with Gasteiger partial charge in [-0.25, -0.2) is 0 Å². The molecule has 1 aromatic rings. The summed E-state index contributed by atoms with van der Waals surface area (Å²) in [5.74, 6) is 1.79. The Morgan fingerprint density at radius 1 is 1.45 bits per heavy atom. The first-order valence-corrected chi connectivity index (χ1v) is 8.44. The van der Waals surface area contributed by atoms with Crippen LogP contribution in [-0.2, 0) is 10.5 Å². The lowest BCUT2D eigenvalue weighted by Gasteiger charge is -2.13. The molecule has 1 saturated heterocycles. The largest absolute Gasteiger partial charge is 0.355 e. The average molecular weight is 292 g/mol. The van der Waals surface area contributed by atoms with E-state index >= 15 is 0 Å². The van der Waals surface area contributed by atoms with Crippen molar-refractivity contribution in [2.75, 3.05) is 19.6 Å². The van der Waals surface area contributed by atoms with Gasteiger partial charge in [-0.05, 0) is 44.3 Å². The average Bonchev–Trinajstić information content (AvgIpc) is 2.99. The Labute approximate surface area is 125 Å². The molecule has 4 heteroatoms. The Hall–Kier alpha value is -1.00. The van der Waals surface area contributed by atoms with Gasteiger partial charge in [-0.1, -0.05) is 30.3 Å². The molecule has 2 rings (SSSR count). The molecule has 0 radical (unpaired) electrons. The molecule has 0 spiro atoms. The van der Waals surface area contributed by atoms with E-state index in [0.29, 0.717) is 0 Å². The predicted octanol–water partition coefficient (Wildman–Crippen LogP) is 2.42. The quantitative estimate of drug-likeness (QED) is 0.811. The normalized spacial score (nSPS) is 19.8. The van der Waals surface area contributed by atoms with Crippen molar-refractivity contribution in [2.24, 2.45) is 5.92 Å². The van der Waals surface area contributed by atoms with Gasteiger partial charge in [-0.2, -0.15) is 0 Å². The Balaban J connectivity index is 1.61. The van der Waals surface area contributed by atoms with Crippen LogP contribution in [0.2, 0.25) is 0 Å². The summed E-state index contributed by atoms with van der Waals surface area (Å²) < 4.78 is 0. The fourth-order valence-electron chi connectivity index (χ4n) is 2.38. The molecule has 1 fully saturated rings. The van der Waals surface area contributed by atoms with Gasteiger partial charge in [0.25, 0.3) is 0 Å². The predicted molar refractivity (Wildman–Crippen MR) is 85.8 cm³/mol. The van der Waals surface area contributed by atoms with E-state index in [-0.39, 0.29) is 11.2 Å². The van der Waals surface area contributed by atoms with Crippen molar-refractivity contribution in [2.45, 2.75) is 30.8 Å². The van der Waals surface area contributed by atoms with Crippen molar-refractivity contribution < 1.29 is 4.79 Å². The number of amides is 1. The molecular formula is C16H24N2OS. The minimum Gasteiger partial charge on any atom is -0.355 e. The molecule has 3 nitrogen and oxygen atoms in total. The second kappa shape index (κ2) is 8.32. The van der Waals surface area contributed by atoms with Crippen LogP contribution in [0.1, 0.15) is 25.3 Å². The molecule has 1 heterocycles. The number of nitrogens with one attached hydrogen (secondary N) is 2. The first-order valence-electron chi connectivity index (χ1n) is 7.39. The van der Waals surface area contributed by atoms with Crippen molar-refractivity contribution >= 4 is 17.7 Å². The van der Waals surface area contributed by atoms with Crippen LogP contribution in [0.15, 0.2) is 30.3 Å². The summed E-state index contributed by atoms with van der Waals surface area (Å²) in [6, 6.07) is 10.3. The molecule has 0 aromatic heterocycles. The maximum atomic E-state index is 12.0. The second-order valence-corrected chi connectivity index (χ2v) is 6.71. The SMILES string of the molecule is CC(SCc1ccccc1)C(=O)NCCC1CCNC1. The summed E-state index contributed by atoms with van der Waals surface area (Å²) in [4.78, 5) is 12.0. The maximum Gasteiger partial charge on any atom is 0.232 e. The molecule has 110 valence electrons. The lowest BCUT2D eigenvalue weighted by atomic mass is 10.1. The molecule has 0 aliphatic carbocycles. The van der Waals surface area contributed by atoms with E-state index < -0.39 is 0 Å². The van der Waals surface area contributed by atoms with Crippen molar-refractivity contribution in [1.82, 2.24) is 10.6 Å². The molecular weight excluding hydrogens is 268 g/mol. The van der Waals surface area contributed by atoms with Crippen molar-refractivity contribution in [3.63, 3.8) is 0 Å². The molecule has 1 amide bonds. The number of carbonyl (C=O) groups is 1. The van der Waals surface area contributed by atoms with Gasteiger partial charge in [0.05, 0.1) is 5.25 Å². The molecule has 2 atom stereocenters. The van der Waals surface area contributed by atoms with Gasteiger partial charge in [0, 0.05) is 12.3 Å². The lowest BCUT2D eigenvalue weighted by Crippen LogP contribution is -2.32. The first-order chi connectivity index (χ1) is 9.75. The van der Waals surface area contributed by atoms with E-state index in [2.05, 4.69) is 22.8 Å². The van der Waals surface area contributed by atoms with Crippen LogP contribution in [0.3, 0.4) is 0 Å². The summed E-state index contributed by atoms with van der Waals surface area (Å²) in [6.45, 7) is 5.03. The first kappa shape index (κ1) is 15.4. The zero-order valence-corrected chi connectivity index (χ0v) is 12.9. The van der Waals surface area contributed by atoms with Crippen LogP contribution in [0.25, 0.3) is 0 Å². The Morgan fingerprint density at radius 3 is 2.95 bits per heavy atom. The molecule has 1 aliphatic heterocycles. The molecule has 1 aromatic carbocycles. The van der Waals surface area contributed by atoms with E-state index in [0.717, 1.165) is 37.7 Å². The number of thioether (sulfide) groups is 1. The van der Waals surface area contributed by atoms with Crippen LogP contribution in [0.4, 0.5) is 0 Å². The third-order valence-corrected chi connectivity index (χ3v) is 4.94. The van der Waals surface area contributed by atoms with Gasteiger partial charge in [-0.3, -0.25) is 4.79 Å². The summed E-state index contributed by atoms with van der Waals surface area (Å²) in [6.07, 6.45) is 2.34. The highest BCUT2D eigenvalue weighted by molar-refractivity contribution is 7.99. The van der Waals surface area contributed by atoms with Crippen LogP contribution in [0, 0.1) is 5.92 Å². The highest BCUT2D eigenvalue weighted by atomic mass is 32.2. The molecule has 20 heavy (non-hydrogen) atoms. The van der Waals surface area contributed by atoms with Crippen LogP contribution >= 0.6 is 11.8 Å². The highest BCUT2D eigenvalue weighted by Crippen LogP contribution is 2.17. The second-order valence-electron chi connectivity index (χ2n) is 5.38. The van der Waals surface area contributed by atoms with Gasteiger partial charge in [-0.15, -0.1) is 11.8 Å². The van der Waals surface area contributed by atoms with Crippen LogP contribution in [0.5, 0.6) is 0 Å². The number of hydrogen-bond acceptors (Lipinski definition) is 3. The third-order valence-electron chi connectivity index (χ3n) is 3.73. The zero-order valence-electron chi connectivity index (χ0n) is 12.1. The maximum absolute atomic E-state index is 12.0. The highest BCUT2D eigenvalue weighted by Gasteiger charge is 2.16. The van der Waals surface area contributed by atoms with Gasteiger partial charge in [0.1, 0.15) is 0 Å². The molecule has 2 N–H and O–H groups in total. The summed E-state index contributed by atoms with van der Waals surface area (Å²) >= 11 is 1.70. The monoisotopic (exact) mass is 292 g/mol. The minimum absolute atomic E-state index is 0.0110. The summed E-state index contributed by atoms with van der Waals surface area (Å²) in [5.41, 5.74) is 1.27. The van der Waals surface area contributed by atoms with E-state index in [4.69, 9.17) is 0 Å². The third kappa shape index (κ3) is 5.17. The standard InChI is InChI=1S/C16H24N2OS/c1-13(20-12-15-5-3-2-4-6-15)16(19)18-10-8-14-7-9-17-11-14/h2-6,13-14,17H,7-12H2,1H3,(H,18,19). The fourth-order valence-corrected chi connectivity index (χ4v) is 3.24. The number of carbonyl (C=O) groups excluding carboxylic acids is 1. The Bertz CT molecular complexity index is 404. The van der Waals surface area contributed by atoms with Crippen LogP contribution < -0.4 is 10.6 Å². The van der Waals surface area contributed by atoms with E-state index in [1.54, 1.807) is 11.8 Å². The Morgan fingerprint density at radius 2 is 2.25 bits per heavy atom. The smallest absolute Gasteiger partial charge is 0.232 e. The van der Waals surface area contributed by atoms with E-state index in [1.165, 1.54) is 12.0 Å². The van der Waals surface area contributed by atoms with Crippen molar-refractivity contribution in [3.05, 3.63) is 35.9 Å². The van der Waals surface area contributed by atoms with Gasteiger partial charge >= 0.3 is 0 Å². The van der Waals surface area contributed by atoms with Crippen LogP contribution in [-0.4, -0.2) is 30.8 Å². The molecule has 0 saturated carbocycles. The van der Waals surface area contributed by atoms with E-state index in [1.807, 2.05) is 25.1 Å².